The van der Waals surface area contributed by atoms with E-state index in [-0.39, 0.29) is 11.8 Å². The van der Waals surface area contributed by atoms with Crippen LogP contribution in [0.5, 0.6) is 5.75 Å². The Morgan fingerprint density at radius 3 is 0.843 bits per heavy atom. The fourth-order valence-electron chi connectivity index (χ4n) is 10.3. The van der Waals surface area contributed by atoms with Crippen LogP contribution < -0.4 is 15.4 Å². The molecule has 0 unspecified atom stereocenters. The predicted molar refractivity (Wildman–Crippen MR) is 309 cm³/mol. The molecule has 0 saturated heterocycles. The van der Waals surface area contributed by atoms with Crippen molar-refractivity contribution in [2.24, 2.45) is 0 Å². The van der Waals surface area contributed by atoms with Crippen molar-refractivity contribution in [1.29, 1.82) is 0 Å². The van der Waals surface area contributed by atoms with Gasteiger partial charge in [0.15, 0.2) is 0 Å². The van der Waals surface area contributed by atoms with E-state index in [1.54, 1.807) is 18.2 Å². The van der Waals surface area contributed by atoms with E-state index < -0.39 is 0 Å². The molecule has 0 atom stereocenters. The van der Waals surface area contributed by atoms with Crippen molar-refractivity contribution in [2.75, 3.05) is 19.7 Å². The maximum atomic E-state index is 13.4. The molecule has 0 aliphatic carbocycles. The molecule has 0 spiro atoms. The molecule has 2 amide bonds. The first-order valence-corrected chi connectivity index (χ1v) is 32.0. The number of carbonyl (C=O) groups is 2. The monoisotopic (exact) mass is 979 g/mol. The lowest BCUT2D eigenvalue weighted by Gasteiger charge is -2.14. The molecule has 1 rings (SSSR count). The van der Waals surface area contributed by atoms with Crippen LogP contribution in [0.1, 0.15) is 369 Å². The van der Waals surface area contributed by atoms with Crippen LogP contribution in [0.3, 0.4) is 0 Å². The van der Waals surface area contributed by atoms with Gasteiger partial charge in [0.25, 0.3) is 11.8 Å². The van der Waals surface area contributed by atoms with Gasteiger partial charge in [-0.05, 0) is 37.5 Å². The molecule has 0 aromatic heterocycles. The molecule has 0 aliphatic rings. The maximum Gasteiger partial charge on any atom is 0.255 e. The molecule has 410 valence electrons. The fourth-order valence-corrected chi connectivity index (χ4v) is 10.3. The van der Waals surface area contributed by atoms with Crippen LogP contribution in [0.15, 0.2) is 18.2 Å². The molecule has 0 saturated carbocycles. The summed E-state index contributed by atoms with van der Waals surface area (Å²) in [5.41, 5.74) is 1.11. The normalized spacial score (nSPS) is 11.4. The lowest BCUT2D eigenvalue weighted by molar-refractivity contribution is 0.0937. The third kappa shape index (κ3) is 44.6. The van der Waals surface area contributed by atoms with E-state index in [2.05, 4.69) is 31.4 Å². The van der Waals surface area contributed by atoms with Gasteiger partial charge in [0.1, 0.15) is 5.75 Å². The van der Waals surface area contributed by atoms with Crippen molar-refractivity contribution in [2.45, 2.75) is 348 Å². The summed E-state index contributed by atoms with van der Waals surface area (Å²) in [4.78, 5) is 26.6. The van der Waals surface area contributed by atoms with Gasteiger partial charge in [-0.1, -0.05) is 329 Å². The molecule has 0 radical (unpaired) electrons. The summed E-state index contributed by atoms with van der Waals surface area (Å²) in [6.45, 7) is 8.79. The van der Waals surface area contributed by atoms with Crippen molar-refractivity contribution >= 4 is 11.8 Å². The molecule has 1 aromatic carbocycles. The predicted octanol–water partition coefficient (Wildman–Crippen LogP) is 21.5. The molecular formula is C65H122N2O3. The molecule has 0 heterocycles. The fraction of sp³-hybridized carbons (Fsp3) is 0.877. The largest absolute Gasteiger partial charge is 0.493 e. The number of amides is 2. The van der Waals surface area contributed by atoms with Crippen molar-refractivity contribution in [3.05, 3.63) is 29.3 Å². The summed E-state index contributed by atoms with van der Waals surface area (Å²) in [5.74, 6) is 0.362. The zero-order valence-electron chi connectivity index (χ0n) is 47.6. The first-order chi connectivity index (χ1) is 34.6. The molecule has 5 nitrogen and oxygen atoms in total. The Morgan fingerprint density at radius 2 is 0.557 bits per heavy atom. The lowest BCUT2D eigenvalue weighted by Crippen LogP contribution is -2.26. The van der Waals surface area contributed by atoms with Crippen LogP contribution in [0.2, 0.25) is 0 Å². The van der Waals surface area contributed by atoms with Crippen molar-refractivity contribution in [1.82, 2.24) is 10.6 Å². The van der Waals surface area contributed by atoms with Gasteiger partial charge in [0.05, 0.1) is 12.2 Å². The average molecular weight is 980 g/mol. The number of hydrogen-bond acceptors (Lipinski definition) is 3. The van der Waals surface area contributed by atoms with E-state index in [0.29, 0.717) is 36.6 Å². The highest BCUT2D eigenvalue weighted by Gasteiger charge is 2.16. The van der Waals surface area contributed by atoms with Gasteiger partial charge in [-0.2, -0.15) is 0 Å². The minimum Gasteiger partial charge on any atom is -0.493 e. The van der Waals surface area contributed by atoms with Crippen LogP contribution in [-0.2, 0) is 0 Å². The van der Waals surface area contributed by atoms with E-state index in [1.165, 1.54) is 289 Å². The Bertz CT molecular complexity index is 1230. The Labute approximate surface area is 437 Å². The summed E-state index contributed by atoms with van der Waals surface area (Å²) in [6.07, 6.45) is 69.0. The second kappa shape index (κ2) is 54.7. The number of unbranched alkanes of at least 4 members (excludes halogenated alkanes) is 48. The van der Waals surface area contributed by atoms with Crippen LogP contribution in [0.25, 0.3) is 0 Å². The molecule has 5 heteroatoms. The first-order valence-electron chi connectivity index (χ1n) is 32.0. The third-order valence-electron chi connectivity index (χ3n) is 15.1. The van der Waals surface area contributed by atoms with Crippen LogP contribution in [0, 0.1) is 0 Å². The second-order valence-electron chi connectivity index (χ2n) is 22.0. The summed E-state index contributed by atoms with van der Waals surface area (Å²) >= 11 is 0. The van der Waals surface area contributed by atoms with Gasteiger partial charge >= 0.3 is 0 Å². The Balaban J connectivity index is 2.18. The zero-order valence-corrected chi connectivity index (χ0v) is 47.6. The van der Waals surface area contributed by atoms with E-state index in [1.807, 2.05) is 0 Å². The maximum absolute atomic E-state index is 13.4. The van der Waals surface area contributed by atoms with Crippen LogP contribution >= 0.6 is 0 Å². The van der Waals surface area contributed by atoms with E-state index >= 15 is 0 Å². The molecule has 1 aromatic rings. The summed E-state index contributed by atoms with van der Waals surface area (Å²) in [7, 11) is 0. The number of ether oxygens (including phenoxy) is 1. The Kier molecular flexibility index (Phi) is 51.6. The molecule has 0 aliphatic heterocycles. The van der Waals surface area contributed by atoms with Gasteiger partial charge in [-0.25, -0.2) is 0 Å². The smallest absolute Gasteiger partial charge is 0.255 e. The first kappa shape index (κ1) is 66.0. The summed E-state index contributed by atoms with van der Waals surface area (Å²) in [5, 5.41) is 6.29. The second-order valence-corrected chi connectivity index (χ2v) is 22.0. The third-order valence-corrected chi connectivity index (χ3v) is 15.1. The topological polar surface area (TPSA) is 67.4 Å². The standard InChI is InChI=1S/C65H122N2O3/c1-4-7-10-13-16-18-20-22-24-26-28-30-32-34-36-38-40-42-44-46-49-52-57-66-64(68)61-55-56-62(63(60-61)70-59-54-51-48-15-12-9-6-3)65(69)67-58-53-50-47-45-43-41-39-37-35-33-31-29-27-25-23-21-19-17-14-11-8-5-2/h55-56,60H,4-54,57-59H2,1-3H3,(H,66,68)(H,67,69). The SMILES string of the molecule is CCCCCCCCCCCCCCCCCCCCCCCCNC(=O)c1ccc(C(=O)NCCCCCCCCCCCCCCCCCCCCCCCC)c(OCCCCCCCCC)c1. The minimum atomic E-state index is -0.0974. The van der Waals surface area contributed by atoms with Crippen LogP contribution in [-0.4, -0.2) is 31.5 Å². The van der Waals surface area contributed by atoms with E-state index in [4.69, 9.17) is 4.74 Å². The number of rotatable bonds is 57. The summed E-state index contributed by atoms with van der Waals surface area (Å²) in [6, 6.07) is 5.38. The molecule has 0 fully saturated rings. The van der Waals surface area contributed by atoms with Crippen LogP contribution in [0.4, 0.5) is 0 Å². The molecular weight excluding hydrogens is 857 g/mol. The zero-order chi connectivity index (χ0) is 50.3. The number of carbonyl (C=O) groups excluding carboxylic acids is 2. The van der Waals surface area contributed by atoms with Crippen molar-refractivity contribution < 1.29 is 14.3 Å². The van der Waals surface area contributed by atoms with Crippen molar-refractivity contribution in [3.63, 3.8) is 0 Å². The number of benzene rings is 1. The van der Waals surface area contributed by atoms with Gasteiger partial charge < -0.3 is 15.4 Å². The molecule has 0 bridgehead atoms. The van der Waals surface area contributed by atoms with Gasteiger partial charge in [0.2, 0.25) is 0 Å². The lowest BCUT2D eigenvalue weighted by atomic mass is 10.0. The van der Waals surface area contributed by atoms with Gasteiger partial charge in [-0.3, -0.25) is 9.59 Å². The Morgan fingerprint density at radius 1 is 0.314 bits per heavy atom. The highest BCUT2D eigenvalue weighted by Crippen LogP contribution is 2.23. The number of hydrogen-bond donors (Lipinski definition) is 2. The average Bonchev–Trinajstić information content (AvgIpc) is 3.37. The van der Waals surface area contributed by atoms with E-state index in [9.17, 15) is 9.59 Å². The number of nitrogens with one attached hydrogen (secondary N) is 2. The Hall–Kier alpha value is -2.04. The van der Waals surface area contributed by atoms with Gasteiger partial charge in [0, 0.05) is 18.7 Å². The quantitative estimate of drug-likeness (QED) is 0.0639. The van der Waals surface area contributed by atoms with Gasteiger partial charge in [-0.15, -0.1) is 0 Å². The minimum absolute atomic E-state index is 0.0777. The van der Waals surface area contributed by atoms with Crippen molar-refractivity contribution in [3.8, 4) is 5.75 Å². The summed E-state index contributed by atoms with van der Waals surface area (Å²) < 4.78 is 6.25. The molecule has 70 heavy (non-hydrogen) atoms. The molecule has 2 N–H and O–H groups in total. The highest BCUT2D eigenvalue weighted by molar-refractivity contribution is 6.00. The van der Waals surface area contributed by atoms with E-state index in [0.717, 1.165) is 38.5 Å². The highest BCUT2D eigenvalue weighted by atomic mass is 16.5.